The van der Waals surface area contributed by atoms with Crippen LogP contribution < -0.4 is 24.3 Å². The molecule has 2 aromatic heterocycles. The number of nitrogens with zero attached hydrogens (tertiary/aromatic N) is 3. The van der Waals surface area contributed by atoms with Crippen LogP contribution in [0.25, 0.3) is 11.0 Å². The van der Waals surface area contributed by atoms with Gasteiger partial charge < -0.3 is 28.8 Å². The monoisotopic (exact) mass is 404 g/mol. The maximum absolute atomic E-state index is 5.44. The van der Waals surface area contributed by atoms with Gasteiger partial charge in [-0.15, -0.1) is 0 Å². The summed E-state index contributed by atoms with van der Waals surface area (Å²) in [6.45, 7) is 0.892. The lowest BCUT2D eigenvalue weighted by Gasteiger charge is -2.11. The highest BCUT2D eigenvalue weighted by Gasteiger charge is 2.14. The van der Waals surface area contributed by atoms with E-state index < -0.39 is 0 Å². The highest BCUT2D eigenvalue weighted by Crippen LogP contribution is 2.35. The van der Waals surface area contributed by atoms with Crippen LogP contribution in [0.5, 0.6) is 23.0 Å². The summed E-state index contributed by atoms with van der Waals surface area (Å²) in [7, 11) is 3.26. The van der Waals surface area contributed by atoms with Gasteiger partial charge in [0.25, 0.3) is 0 Å². The van der Waals surface area contributed by atoms with Crippen LogP contribution in [-0.2, 0) is 6.54 Å². The van der Waals surface area contributed by atoms with Crippen LogP contribution in [-0.4, -0.2) is 35.5 Å². The van der Waals surface area contributed by atoms with Gasteiger partial charge in [-0.1, -0.05) is 6.07 Å². The summed E-state index contributed by atoms with van der Waals surface area (Å²) in [5, 5.41) is 3.32. The molecular weight excluding hydrogens is 384 g/mol. The average Bonchev–Trinajstić information content (AvgIpc) is 3.40. The molecule has 1 N–H and O–H groups in total. The van der Waals surface area contributed by atoms with Gasteiger partial charge in [-0.3, -0.25) is 0 Å². The number of fused-ring (bicyclic) bond motifs is 2. The summed E-state index contributed by atoms with van der Waals surface area (Å²) in [4.78, 5) is 8.94. The molecule has 30 heavy (non-hydrogen) atoms. The maximum atomic E-state index is 5.44. The number of aromatic nitrogens is 3. The molecule has 2 aromatic carbocycles. The molecule has 0 fully saturated rings. The number of rotatable bonds is 6. The lowest BCUT2D eigenvalue weighted by molar-refractivity contribution is 0.174. The first-order chi connectivity index (χ1) is 14.7. The van der Waals surface area contributed by atoms with Crippen molar-refractivity contribution >= 4 is 22.5 Å². The summed E-state index contributed by atoms with van der Waals surface area (Å²) in [6, 6.07) is 13.6. The molecule has 0 saturated carbocycles. The molecule has 0 bridgehead atoms. The van der Waals surface area contributed by atoms with Crippen molar-refractivity contribution in [3.05, 3.63) is 60.6 Å². The molecule has 0 unspecified atom stereocenters. The number of methoxy groups -OCH3 is 2. The second-order valence-electron chi connectivity index (χ2n) is 6.81. The van der Waals surface area contributed by atoms with E-state index >= 15 is 0 Å². The Hall–Kier alpha value is -3.94. The van der Waals surface area contributed by atoms with Crippen molar-refractivity contribution in [1.29, 1.82) is 0 Å². The molecule has 0 spiro atoms. The summed E-state index contributed by atoms with van der Waals surface area (Å²) in [5.41, 5.74) is 3.75. The van der Waals surface area contributed by atoms with Gasteiger partial charge in [0.05, 0.1) is 32.3 Å². The van der Waals surface area contributed by atoms with Crippen molar-refractivity contribution in [3.63, 3.8) is 0 Å². The Labute approximate surface area is 173 Å². The fourth-order valence-electron chi connectivity index (χ4n) is 3.45. The molecule has 0 aliphatic carbocycles. The minimum atomic E-state index is 0.248. The van der Waals surface area contributed by atoms with Crippen LogP contribution in [0.15, 0.2) is 55.0 Å². The number of imidazole rings is 1. The molecular formula is C22H20N4O4. The molecule has 0 saturated heterocycles. The van der Waals surface area contributed by atoms with Crippen molar-refractivity contribution in [2.45, 2.75) is 6.54 Å². The van der Waals surface area contributed by atoms with Crippen LogP contribution in [0.1, 0.15) is 5.56 Å². The van der Waals surface area contributed by atoms with Crippen molar-refractivity contribution in [2.75, 3.05) is 26.3 Å². The first-order valence-corrected chi connectivity index (χ1v) is 9.42. The molecule has 0 amide bonds. The second-order valence-corrected chi connectivity index (χ2v) is 6.81. The quantitative estimate of drug-likeness (QED) is 0.521. The van der Waals surface area contributed by atoms with Crippen molar-refractivity contribution in [3.8, 4) is 23.0 Å². The number of hydrogen-bond donors (Lipinski definition) is 1. The molecule has 5 rings (SSSR count). The van der Waals surface area contributed by atoms with Crippen molar-refractivity contribution < 1.29 is 18.9 Å². The molecule has 1 aliphatic heterocycles. The smallest absolute Gasteiger partial charge is 0.231 e. The molecule has 0 atom stereocenters. The van der Waals surface area contributed by atoms with Gasteiger partial charge in [-0.25, -0.2) is 9.97 Å². The highest BCUT2D eigenvalue weighted by molar-refractivity contribution is 5.78. The Morgan fingerprint density at radius 1 is 0.967 bits per heavy atom. The largest absolute Gasteiger partial charge is 0.493 e. The van der Waals surface area contributed by atoms with E-state index in [0.29, 0.717) is 18.0 Å². The number of pyridine rings is 1. The van der Waals surface area contributed by atoms with Crippen LogP contribution in [0, 0.1) is 0 Å². The maximum Gasteiger partial charge on any atom is 0.231 e. The van der Waals surface area contributed by atoms with E-state index in [2.05, 4.69) is 19.9 Å². The Kier molecular flexibility index (Phi) is 4.51. The topological polar surface area (TPSA) is 79.7 Å². The number of anilines is 2. The molecule has 0 radical (unpaired) electrons. The van der Waals surface area contributed by atoms with E-state index in [-0.39, 0.29) is 6.79 Å². The van der Waals surface area contributed by atoms with E-state index in [1.54, 1.807) is 20.4 Å². The number of ether oxygens (including phenoxy) is 4. The minimum Gasteiger partial charge on any atom is -0.493 e. The van der Waals surface area contributed by atoms with Crippen LogP contribution in [0.4, 0.5) is 11.5 Å². The fraction of sp³-hybridized carbons (Fsp3) is 0.182. The first-order valence-electron chi connectivity index (χ1n) is 9.42. The fourth-order valence-corrected chi connectivity index (χ4v) is 3.45. The Balaban J connectivity index is 1.42. The number of benzene rings is 2. The molecule has 152 valence electrons. The second kappa shape index (κ2) is 7.47. The molecule has 8 nitrogen and oxygen atoms in total. The van der Waals surface area contributed by atoms with Gasteiger partial charge in [0.1, 0.15) is 11.3 Å². The highest BCUT2D eigenvalue weighted by atomic mass is 16.7. The van der Waals surface area contributed by atoms with E-state index in [1.807, 2.05) is 48.8 Å². The van der Waals surface area contributed by atoms with Gasteiger partial charge >= 0.3 is 0 Å². The Bertz CT molecular complexity index is 1220. The predicted molar refractivity (Wildman–Crippen MR) is 112 cm³/mol. The van der Waals surface area contributed by atoms with Gasteiger partial charge in [0.15, 0.2) is 23.0 Å². The lowest BCUT2D eigenvalue weighted by atomic mass is 10.2. The van der Waals surface area contributed by atoms with Crippen LogP contribution >= 0.6 is 0 Å². The normalized spacial score (nSPS) is 12.2. The van der Waals surface area contributed by atoms with E-state index in [0.717, 1.165) is 39.6 Å². The van der Waals surface area contributed by atoms with Gasteiger partial charge in [-0.05, 0) is 29.8 Å². The zero-order valence-electron chi connectivity index (χ0n) is 16.6. The van der Waals surface area contributed by atoms with Crippen molar-refractivity contribution in [1.82, 2.24) is 14.5 Å². The average molecular weight is 404 g/mol. The third-order valence-corrected chi connectivity index (χ3v) is 4.95. The molecule has 3 heterocycles. The number of hydrogen-bond acceptors (Lipinski definition) is 7. The Morgan fingerprint density at radius 3 is 2.70 bits per heavy atom. The minimum absolute atomic E-state index is 0.248. The van der Waals surface area contributed by atoms with Gasteiger partial charge in [0.2, 0.25) is 6.79 Å². The molecule has 1 aliphatic rings. The number of nitrogens with one attached hydrogen (secondary N) is 1. The third-order valence-electron chi connectivity index (χ3n) is 4.95. The zero-order chi connectivity index (χ0) is 20.5. The van der Waals surface area contributed by atoms with Crippen LogP contribution in [0.2, 0.25) is 0 Å². The third kappa shape index (κ3) is 3.32. The molecule has 8 heteroatoms. The van der Waals surface area contributed by atoms with Gasteiger partial charge in [-0.2, -0.15) is 0 Å². The van der Waals surface area contributed by atoms with Crippen LogP contribution in [0.3, 0.4) is 0 Å². The van der Waals surface area contributed by atoms with E-state index in [1.165, 1.54) is 0 Å². The summed E-state index contributed by atoms with van der Waals surface area (Å²) in [6.07, 6.45) is 3.57. The summed E-state index contributed by atoms with van der Waals surface area (Å²) >= 11 is 0. The SMILES string of the molecule is COc1ccc(Cn2cnc3cnc(Nc4ccc5c(c4)OCO5)cc32)cc1OC. The summed E-state index contributed by atoms with van der Waals surface area (Å²) < 4.78 is 23.6. The van der Waals surface area contributed by atoms with E-state index in [4.69, 9.17) is 18.9 Å². The van der Waals surface area contributed by atoms with E-state index in [9.17, 15) is 0 Å². The standard InChI is InChI=1S/C22H20N4O4/c1-27-18-5-3-14(7-20(18)28-2)11-26-12-24-16-10-23-22(9-17(16)26)25-15-4-6-19-21(8-15)30-13-29-19/h3-10,12H,11,13H2,1-2H3,(H,23,25). The Morgan fingerprint density at radius 2 is 1.83 bits per heavy atom. The predicted octanol–water partition coefficient (Wildman–Crippen LogP) is 3.97. The lowest BCUT2D eigenvalue weighted by Crippen LogP contribution is -2.00. The summed E-state index contributed by atoms with van der Waals surface area (Å²) in [5.74, 6) is 3.59. The van der Waals surface area contributed by atoms with Gasteiger partial charge in [0, 0.05) is 24.4 Å². The first kappa shape index (κ1) is 18.1. The van der Waals surface area contributed by atoms with Crippen molar-refractivity contribution in [2.24, 2.45) is 0 Å². The molecule has 4 aromatic rings. The zero-order valence-corrected chi connectivity index (χ0v) is 16.6.